The predicted molar refractivity (Wildman–Crippen MR) is 74.3 cm³/mol. The lowest BCUT2D eigenvalue weighted by atomic mass is 10.1. The van der Waals surface area contributed by atoms with Crippen LogP contribution < -0.4 is 0 Å². The first kappa shape index (κ1) is 14.4. The smallest absolute Gasteiger partial charge is 0.306 e. The monoisotopic (exact) mass is 282 g/mol. The lowest BCUT2D eigenvalue weighted by Crippen LogP contribution is -2.26. The summed E-state index contributed by atoms with van der Waals surface area (Å²) in [6.07, 6.45) is 4.43. The molecule has 0 spiro atoms. The van der Waals surface area contributed by atoms with Gasteiger partial charge in [-0.05, 0) is 43.4 Å². The Bertz CT molecular complexity index is 396. The highest BCUT2D eigenvalue weighted by atomic mass is 35.5. The maximum atomic E-state index is 11.6. The van der Waals surface area contributed by atoms with E-state index in [1.165, 1.54) is 0 Å². The van der Waals surface area contributed by atoms with Crippen molar-refractivity contribution in [1.82, 2.24) is 0 Å². The van der Waals surface area contributed by atoms with Crippen molar-refractivity contribution >= 4 is 17.6 Å². The minimum absolute atomic E-state index is 0.0910. The van der Waals surface area contributed by atoms with Gasteiger partial charge in [-0.3, -0.25) is 4.79 Å². The summed E-state index contributed by atoms with van der Waals surface area (Å²) in [5.41, 5.74) is 1.09. The molecule has 1 aliphatic heterocycles. The fraction of sp³-hybridized carbons (Fsp3) is 0.533. The number of hydrogen-bond acceptors (Lipinski definition) is 3. The fourth-order valence-corrected chi connectivity index (χ4v) is 2.22. The van der Waals surface area contributed by atoms with Crippen LogP contribution in [0.15, 0.2) is 24.3 Å². The van der Waals surface area contributed by atoms with Crippen molar-refractivity contribution in [3.8, 4) is 0 Å². The Kier molecular flexibility index (Phi) is 5.67. The lowest BCUT2D eigenvalue weighted by Gasteiger charge is -2.22. The summed E-state index contributed by atoms with van der Waals surface area (Å²) in [6, 6.07) is 7.52. The van der Waals surface area contributed by atoms with Crippen LogP contribution >= 0.6 is 11.6 Å². The van der Waals surface area contributed by atoms with Gasteiger partial charge in [0, 0.05) is 18.1 Å². The number of esters is 1. The van der Waals surface area contributed by atoms with Gasteiger partial charge in [0.15, 0.2) is 0 Å². The number of carbonyl (C=O) groups is 1. The van der Waals surface area contributed by atoms with Crippen LogP contribution in [0.2, 0.25) is 5.02 Å². The SMILES string of the molecule is O=C(CCc1ccc(Cl)cc1)OCC1CCCCO1. The van der Waals surface area contributed by atoms with Crippen LogP contribution in [0.5, 0.6) is 0 Å². The van der Waals surface area contributed by atoms with Crippen LogP contribution in [0.25, 0.3) is 0 Å². The maximum Gasteiger partial charge on any atom is 0.306 e. The third-order valence-corrected chi connectivity index (χ3v) is 3.49. The normalized spacial score (nSPS) is 19.1. The van der Waals surface area contributed by atoms with Crippen LogP contribution in [-0.4, -0.2) is 25.3 Å². The number of ether oxygens (including phenoxy) is 2. The van der Waals surface area contributed by atoms with Crippen LogP contribution in [-0.2, 0) is 20.7 Å². The molecule has 0 N–H and O–H groups in total. The van der Waals surface area contributed by atoms with Gasteiger partial charge in [0.1, 0.15) is 6.61 Å². The highest BCUT2D eigenvalue weighted by molar-refractivity contribution is 6.30. The quantitative estimate of drug-likeness (QED) is 0.777. The van der Waals surface area contributed by atoms with E-state index in [0.29, 0.717) is 24.5 Å². The molecule has 0 radical (unpaired) electrons. The molecule has 1 unspecified atom stereocenters. The standard InChI is InChI=1S/C15H19ClO3/c16-13-7-4-12(5-8-13)6-9-15(17)19-11-14-3-1-2-10-18-14/h4-5,7-8,14H,1-3,6,9-11H2. The second-order valence-electron chi connectivity index (χ2n) is 4.80. The molecule has 1 aliphatic rings. The molecule has 1 aromatic rings. The molecule has 19 heavy (non-hydrogen) atoms. The number of aryl methyl sites for hydroxylation is 1. The van der Waals surface area contributed by atoms with Gasteiger partial charge in [0.05, 0.1) is 6.10 Å². The average molecular weight is 283 g/mol. The zero-order chi connectivity index (χ0) is 13.5. The summed E-state index contributed by atoms with van der Waals surface area (Å²) >= 11 is 5.80. The van der Waals surface area contributed by atoms with E-state index in [9.17, 15) is 4.79 Å². The zero-order valence-electron chi connectivity index (χ0n) is 10.9. The minimum Gasteiger partial charge on any atom is -0.463 e. The lowest BCUT2D eigenvalue weighted by molar-refractivity contribution is -0.149. The summed E-state index contributed by atoms with van der Waals surface area (Å²) in [7, 11) is 0. The third kappa shape index (κ3) is 5.21. The largest absolute Gasteiger partial charge is 0.463 e. The molecular formula is C15H19ClO3. The summed E-state index contributed by atoms with van der Waals surface area (Å²) in [6.45, 7) is 1.17. The molecule has 4 heteroatoms. The highest BCUT2D eigenvalue weighted by Crippen LogP contribution is 2.14. The first-order valence-electron chi connectivity index (χ1n) is 6.76. The van der Waals surface area contributed by atoms with Gasteiger partial charge in [-0.2, -0.15) is 0 Å². The number of benzene rings is 1. The van der Waals surface area contributed by atoms with Crippen molar-refractivity contribution in [2.24, 2.45) is 0 Å². The molecule has 0 aliphatic carbocycles. The molecule has 2 rings (SSSR count). The van der Waals surface area contributed by atoms with Gasteiger partial charge in [0.25, 0.3) is 0 Å². The molecule has 1 heterocycles. The van der Waals surface area contributed by atoms with Crippen molar-refractivity contribution in [1.29, 1.82) is 0 Å². The van der Waals surface area contributed by atoms with Crippen LogP contribution in [0.4, 0.5) is 0 Å². The molecule has 0 amide bonds. The summed E-state index contributed by atoms with van der Waals surface area (Å²) in [4.78, 5) is 11.6. The Morgan fingerprint density at radius 2 is 2.11 bits per heavy atom. The molecule has 1 fully saturated rings. The first-order chi connectivity index (χ1) is 9.24. The van der Waals surface area contributed by atoms with Gasteiger partial charge in [-0.15, -0.1) is 0 Å². The summed E-state index contributed by atoms with van der Waals surface area (Å²) in [5, 5.41) is 0.709. The van der Waals surface area contributed by atoms with E-state index in [4.69, 9.17) is 21.1 Å². The Labute approximate surface area is 118 Å². The van der Waals surface area contributed by atoms with Gasteiger partial charge in [-0.1, -0.05) is 23.7 Å². The van der Waals surface area contributed by atoms with E-state index in [0.717, 1.165) is 31.4 Å². The molecule has 1 atom stereocenters. The van der Waals surface area contributed by atoms with Crippen molar-refractivity contribution in [3.63, 3.8) is 0 Å². The number of carbonyl (C=O) groups excluding carboxylic acids is 1. The molecule has 1 saturated heterocycles. The Morgan fingerprint density at radius 1 is 1.32 bits per heavy atom. The Hall–Kier alpha value is -1.06. The zero-order valence-corrected chi connectivity index (χ0v) is 11.7. The van der Waals surface area contributed by atoms with Crippen molar-refractivity contribution in [3.05, 3.63) is 34.9 Å². The molecule has 104 valence electrons. The molecule has 0 saturated carbocycles. The van der Waals surface area contributed by atoms with Crippen molar-refractivity contribution in [2.75, 3.05) is 13.2 Å². The van der Waals surface area contributed by atoms with E-state index >= 15 is 0 Å². The van der Waals surface area contributed by atoms with Crippen LogP contribution in [0.1, 0.15) is 31.2 Å². The van der Waals surface area contributed by atoms with Gasteiger partial charge in [-0.25, -0.2) is 0 Å². The predicted octanol–water partition coefficient (Wildman–Crippen LogP) is 3.38. The van der Waals surface area contributed by atoms with Crippen molar-refractivity contribution in [2.45, 2.75) is 38.2 Å². The van der Waals surface area contributed by atoms with E-state index in [1.54, 1.807) is 0 Å². The number of halogens is 1. The average Bonchev–Trinajstić information content (AvgIpc) is 2.45. The Balaban J connectivity index is 1.65. The van der Waals surface area contributed by atoms with Crippen LogP contribution in [0, 0.1) is 0 Å². The number of rotatable bonds is 5. The van der Waals surface area contributed by atoms with Gasteiger partial charge in [0.2, 0.25) is 0 Å². The molecule has 0 bridgehead atoms. The number of hydrogen-bond donors (Lipinski definition) is 0. The van der Waals surface area contributed by atoms with E-state index in [2.05, 4.69) is 0 Å². The second kappa shape index (κ2) is 7.51. The van der Waals surface area contributed by atoms with Crippen molar-refractivity contribution < 1.29 is 14.3 Å². The van der Waals surface area contributed by atoms with E-state index < -0.39 is 0 Å². The molecule has 3 nitrogen and oxygen atoms in total. The van der Waals surface area contributed by atoms with E-state index in [-0.39, 0.29) is 12.1 Å². The van der Waals surface area contributed by atoms with E-state index in [1.807, 2.05) is 24.3 Å². The highest BCUT2D eigenvalue weighted by Gasteiger charge is 2.15. The topological polar surface area (TPSA) is 35.5 Å². The fourth-order valence-electron chi connectivity index (χ4n) is 2.09. The van der Waals surface area contributed by atoms with Crippen LogP contribution in [0.3, 0.4) is 0 Å². The summed E-state index contributed by atoms with van der Waals surface area (Å²) < 4.78 is 10.7. The minimum atomic E-state index is -0.163. The Morgan fingerprint density at radius 3 is 2.79 bits per heavy atom. The van der Waals surface area contributed by atoms with Gasteiger partial charge >= 0.3 is 5.97 Å². The second-order valence-corrected chi connectivity index (χ2v) is 5.23. The molecular weight excluding hydrogens is 264 g/mol. The van der Waals surface area contributed by atoms with Gasteiger partial charge < -0.3 is 9.47 Å². The third-order valence-electron chi connectivity index (χ3n) is 3.24. The summed E-state index contributed by atoms with van der Waals surface area (Å²) in [5.74, 6) is -0.163. The first-order valence-corrected chi connectivity index (χ1v) is 7.13. The molecule has 0 aromatic heterocycles. The molecule has 1 aromatic carbocycles. The maximum absolute atomic E-state index is 11.6.